The first-order valence-electron chi connectivity index (χ1n) is 27.8. The molecule has 1 aromatic heterocycles. The molecular formula is C75H61FN2O. The van der Waals surface area contributed by atoms with Crippen molar-refractivity contribution in [1.29, 1.82) is 0 Å². The van der Waals surface area contributed by atoms with Crippen molar-refractivity contribution in [3.63, 3.8) is 0 Å². The Morgan fingerprint density at radius 1 is 0.443 bits per heavy atom. The van der Waals surface area contributed by atoms with Crippen molar-refractivity contribution in [2.24, 2.45) is 0 Å². The fraction of sp³-hybridized carbons (Fsp3) is 0.147. The SMILES string of the molecule is CC(C)(C)c1ccc(N(c2ccc(C3=CCCC=C3)cc2)c2ccc3c(c2)C2(c4ccccc4-c4ccc(F)cc42)c2cc(N(c4ccc(-c5ccccc5)cc4)c4ccc(C(C)(C)C)cc4)c4c(oc5ccccc54)c2-3)cc1. The molecule has 3 aliphatic carbocycles. The molecule has 0 bridgehead atoms. The number of benzene rings is 10. The predicted octanol–water partition coefficient (Wildman–Crippen LogP) is 21.0. The number of anilines is 6. The third-order valence-corrected chi connectivity index (χ3v) is 16.9. The summed E-state index contributed by atoms with van der Waals surface area (Å²) in [4.78, 5) is 4.79. The fourth-order valence-corrected chi connectivity index (χ4v) is 13.0. The molecule has 1 atom stereocenters. The van der Waals surface area contributed by atoms with Gasteiger partial charge in [-0.3, -0.25) is 0 Å². The maximum atomic E-state index is 16.6. The van der Waals surface area contributed by atoms with Crippen LogP contribution in [0.5, 0.6) is 0 Å². The number of allylic oxidation sites excluding steroid dienone is 4. The second-order valence-electron chi connectivity index (χ2n) is 23.7. The number of hydrogen-bond donors (Lipinski definition) is 0. The molecule has 1 spiro atoms. The number of para-hydroxylation sites is 1. The average molecular weight is 1030 g/mol. The van der Waals surface area contributed by atoms with Gasteiger partial charge in [0.15, 0.2) is 0 Å². The first kappa shape index (κ1) is 48.4. The van der Waals surface area contributed by atoms with E-state index >= 15 is 4.39 Å². The van der Waals surface area contributed by atoms with E-state index in [1.54, 1.807) is 12.1 Å². The minimum Gasteiger partial charge on any atom is -0.455 e. The molecule has 0 saturated carbocycles. The molecule has 0 fully saturated rings. The molecule has 14 rings (SSSR count). The van der Waals surface area contributed by atoms with E-state index in [2.05, 4.69) is 270 Å². The first-order valence-corrected chi connectivity index (χ1v) is 27.8. The first-order chi connectivity index (χ1) is 38.3. The van der Waals surface area contributed by atoms with E-state index in [0.717, 1.165) is 125 Å². The van der Waals surface area contributed by atoms with Crippen LogP contribution in [-0.2, 0) is 16.2 Å². The van der Waals surface area contributed by atoms with Gasteiger partial charge in [0.2, 0.25) is 0 Å². The molecule has 4 heteroatoms. The number of hydrogen-bond acceptors (Lipinski definition) is 3. The van der Waals surface area contributed by atoms with Crippen molar-refractivity contribution in [2.45, 2.75) is 70.6 Å². The van der Waals surface area contributed by atoms with Gasteiger partial charge in [-0.15, -0.1) is 0 Å². The molecule has 10 aromatic carbocycles. The second-order valence-corrected chi connectivity index (χ2v) is 23.7. The Bertz CT molecular complexity index is 4250. The van der Waals surface area contributed by atoms with Gasteiger partial charge in [-0.05, 0) is 181 Å². The highest BCUT2D eigenvalue weighted by molar-refractivity contribution is 6.20. The van der Waals surface area contributed by atoms with E-state index < -0.39 is 5.41 Å². The van der Waals surface area contributed by atoms with E-state index in [9.17, 15) is 0 Å². The Balaban J connectivity index is 1.06. The fourth-order valence-electron chi connectivity index (χ4n) is 13.0. The van der Waals surface area contributed by atoms with Gasteiger partial charge >= 0.3 is 0 Å². The maximum absolute atomic E-state index is 16.6. The summed E-state index contributed by atoms with van der Waals surface area (Å²) in [6.07, 6.45) is 8.96. The molecule has 3 nitrogen and oxygen atoms in total. The zero-order valence-corrected chi connectivity index (χ0v) is 45.6. The third kappa shape index (κ3) is 7.82. The van der Waals surface area contributed by atoms with Gasteiger partial charge in [-0.1, -0.05) is 193 Å². The smallest absolute Gasteiger partial charge is 0.145 e. The molecule has 0 aliphatic heterocycles. The molecule has 0 radical (unpaired) electrons. The summed E-state index contributed by atoms with van der Waals surface area (Å²) >= 11 is 0. The van der Waals surface area contributed by atoms with E-state index in [1.165, 1.54) is 22.3 Å². The van der Waals surface area contributed by atoms with Gasteiger partial charge in [0.25, 0.3) is 0 Å². The lowest BCUT2D eigenvalue weighted by molar-refractivity contribution is 0.590. The van der Waals surface area contributed by atoms with Gasteiger partial charge in [0.05, 0.1) is 16.5 Å². The van der Waals surface area contributed by atoms with Crippen LogP contribution in [0.25, 0.3) is 60.9 Å². The van der Waals surface area contributed by atoms with Crippen LogP contribution < -0.4 is 9.80 Å². The Kier molecular flexibility index (Phi) is 11.2. The summed E-state index contributed by atoms with van der Waals surface area (Å²) in [7, 11) is 0. The Hall–Kier alpha value is -8.99. The zero-order chi connectivity index (χ0) is 53.8. The zero-order valence-electron chi connectivity index (χ0n) is 45.6. The van der Waals surface area contributed by atoms with Crippen molar-refractivity contribution in [3.05, 3.63) is 281 Å². The Labute approximate surface area is 463 Å². The van der Waals surface area contributed by atoms with Crippen LogP contribution in [-0.4, -0.2) is 0 Å². The standard InChI is InChI=1S/C75H61FN2O/c1-73(2,3)52-29-38-56(39-30-52)77(55-34-25-50(26-35-55)48-17-9-7-10-18-48)59-42-44-62-66(46-59)75(64-23-15-13-21-60(64)61-43-33-54(76)45-65(61)75)67-47-68(71-63-22-14-16-24-69(63)79-72(71)70(62)67)78(58-40-31-53(32-41-58)74(4,5)6)57-36-27-51(28-37-57)49-19-11-8-12-20-49/h8-9,11-47H,7,10H2,1-6H3. The molecule has 1 heterocycles. The quantitative estimate of drug-likeness (QED) is 0.151. The largest absolute Gasteiger partial charge is 0.455 e. The van der Waals surface area contributed by atoms with Gasteiger partial charge in [-0.2, -0.15) is 0 Å². The molecule has 3 aliphatic rings. The molecule has 0 N–H and O–H groups in total. The highest BCUT2D eigenvalue weighted by Gasteiger charge is 2.54. The minimum atomic E-state index is -0.957. The number of nitrogens with zero attached hydrogens (tertiary/aromatic N) is 2. The van der Waals surface area contributed by atoms with Crippen molar-refractivity contribution in [3.8, 4) is 33.4 Å². The molecule has 0 saturated heterocycles. The van der Waals surface area contributed by atoms with E-state index in [0.29, 0.717) is 0 Å². The van der Waals surface area contributed by atoms with Crippen LogP contribution in [0, 0.1) is 5.82 Å². The molecule has 79 heavy (non-hydrogen) atoms. The maximum Gasteiger partial charge on any atom is 0.145 e. The lowest BCUT2D eigenvalue weighted by atomic mass is 9.70. The lowest BCUT2D eigenvalue weighted by Gasteiger charge is -2.33. The van der Waals surface area contributed by atoms with Crippen molar-refractivity contribution in [2.75, 3.05) is 9.80 Å². The third-order valence-electron chi connectivity index (χ3n) is 16.9. The molecule has 11 aromatic rings. The topological polar surface area (TPSA) is 19.6 Å². The number of halogens is 1. The van der Waals surface area contributed by atoms with Gasteiger partial charge < -0.3 is 14.2 Å². The summed E-state index contributed by atoms with van der Waals surface area (Å²) in [6, 6.07) is 78.6. The number of furan rings is 1. The van der Waals surface area contributed by atoms with E-state index in [-0.39, 0.29) is 16.6 Å². The molecule has 0 amide bonds. The monoisotopic (exact) mass is 1020 g/mol. The lowest BCUT2D eigenvalue weighted by Crippen LogP contribution is -2.27. The summed E-state index contributed by atoms with van der Waals surface area (Å²) in [6.45, 7) is 13.6. The van der Waals surface area contributed by atoms with E-state index in [1.807, 2.05) is 6.07 Å². The van der Waals surface area contributed by atoms with Crippen molar-refractivity contribution >= 4 is 61.6 Å². The van der Waals surface area contributed by atoms with Crippen LogP contribution in [0.4, 0.5) is 38.5 Å². The normalized spacial score (nSPS) is 15.3. The van der Waals surface area contributed by atoms with Crippen LogP contribution in [0.3, 0.4) is 0 Å². The summed E-state index contributed by atoms with van der Waals surface area (Å²) in [5.41, 5.74) is 22.3. The van der Waals surface area contributed by atoms with Gasteiger partial charge in [-0.25, -0.2) is 4.39 Å². The van der Waals surface area contributed by atoms with Crippen LogP contribution in [0.1, 0.15) is 93.3 Å². The molecule has 384 valence electrons. The minimum absolute atomic E-state index is 0.0194. The van der Waals surface area contributed by atoms with Crippen molar-refractivity contribution < 1.29 is 8.81 Å². The summed E-state index contributed by atoms with van der Waals surface area (Å²) in [5, 5.41) is 2.04. The summed E-state index contributed by atoms with van der Waals surface area (Å²) < 4.78 is 23.9. The number of rotatable bonds is 8. The highest BCUT2D eigenvalue weighted by Crippen LogP contribution is 2.66. The summed E-state index contributed by atoms with van der Waals surface area (Å²) in [5.74, 6) is -0.273. The highest BCUT2D eigenvalue weighted by atomic mass is 19.1. The molecular weight excluding hydrogens is 964 g/mol. The van der Waals surface area contributed by atoms with Gasteiger partial charge in [0, 0.05) is 39.4 Å². The van der Waals surface area contributed by atoms with Crippen LogP contribution in [0.2, 0.25) is 0 Å². The van der Waals surface area contributed by atoms with Gasteiger partial charge in [0.1, 0.15) is 17.0 Å². The predicted molar refractivity (Wildman–Crippen MR) is 329 cm³/mol. The second kappa shape index (κ2) is 18.3. The Morgan fingerprint density at radius 3 is 1.65 bits per heavy atom. The average Bonchev–Trinajstić information content (AvgIpc) is 1.92. The van der Waals surface area contributed by atoms with Crippen LogP contribution in [0.15, 0.2) is 241 Å². The van der Waals surface area contributed by atoms with E-state index in [4.69, 9.17) is 4.42 Å². The Morgan fingerprint density at radius 2 is 0.987 bits per heavy atom. The molecule has 1 unspecified atom stereocenters. The van der Waals surface area contributed by atoms with Crippen LogP contribution >= 0.6 is 0 Å². The van der Waals surface area contributed by atoms with Crippen molar-refractivity contribution in [1.82, 2.24) is 0 Å². The number of fused-ring (bicyclic) bond motifs is 14.